The predicted octanol–water partition coefficient (Wildman–Crippen LogP) is 4.65. The number of benzene rings is 2. The summed E-state index contributed by atoms with van der Waals surface area (Å²) in [6, 6.07) is 16.7. The normalized spacial score (nSPS) is 12.4. The van der Waals surface area contributed by atoms with Gasteiger partial charge < -0.3 is 0 Å². The molecule has 0 aliphatic heterocycles. The maximum absolute atomic E-state index is 14.4. The quantitative estimate of drug-likeness (QED) is 0.744. The molecule has 0 amide bonds. The minimum Gasteiger partial charge on any atom is -0.296 e. The van der Waals surface area contributed by atoms with Gasteiger partial charge in [0.1, 0.15) is 0 Å². The van der Waals surface area contributed by atoms with Crippen molar-refractivity contribution in [3.05, 3.63) is 59.7 Å². The minimum absolute atomic E-state index is 0.196. The Balaban J connectivity index is 2.76. The maximum Gasteiger partial charge on any atom is 0.207 e. The Hall–Kier alpha value is -1.37. The summed E-state index contributed by atoms with van der Waals surface area (Å²) in [5.74, 6) is 0. The van der Waals surface area contributed by atoms with Crippen LogP contribution in [0.5, 0.6) is 0 Å². The fraction of sp³-hybridized carbons (Fsp3) is 0.400. The van der Waals surface area contributed by atoms with E-state index < -0.39 is 7.29 Å². The molecule has 3 heteroatoms. The highest BCUT2D eigenvalue weighted by atomic mass is 31.2. The zero-order chi connectivity index (χ0) is 17.2. The highest BCUT2D eigenvalue weighted by molar-refractivity contribution is 7.76. The first-order valence-corrected chi connectivity index (χ1v) is 9.96. The largest absolute Gasteiger partial charge is 0.296 e. The Labute approximate surface area is 141 Å². The monoisotopic (exact) mass is 329 g/mol. The van der Waals surface area contributed by atoms with Gasteiger partial charge in [-0.1, -0.05) is 35.4 Å². The van der Waals surface area contributed by atoms with E-state index in [0.717, 1.165) is 21.7 Å². The van der Waals surface area contributed by atoms with Gasteiger partial charge in [-0.05, 0) is 65.8 Å². The predicted molar refractivity (Wildman–Crippen MR) is 101 cm³/mol. The molecule has 2 nitrogen and oxygen atoms in total. The van der Waals surface area contributed by atoms with E-state index in [9.17, 15) is 4.57 Å². The smallest absolute Gasteiger partial charge is 0.207 e. The van der Waals surface area contributed by atoms with Gasteiger partial charge in [-0.15, -0.1) is 0 Å². The average molecular weight is 329 g/mol. The summed E-state index contributed by atoms with van der Waals surface area (Å²) in [6.45, 7) is 12.6. The fourth-order valence-electron chi connectivity index (χ4n) is 3.30. The van der Waals surface area contributed by atoms with E-state index in [1.165, 1.54) is 0 Å². The number of rotatable bonds is 5. The molecule has 23 heavy (non-hydrogen) atoms. The molecule has 0 aliphatic rings. The lowest BCUT2D eigenvalue weighted by Gasteiger charge is -2.38. The van der Waals surface area contributed by atoms with E-state index >= 15 is 0 Å². The molecule has 0 aliphatic carbocycles. The van der Waals surface area contributed by atoms with Crippen molar-refractivity contribution >= 4 is 17.9 Å². The summed E-state index contributed by atoms with van der Waals surface area (Å²) in [6.07, 6.45) is 0. The molecule has 0 unspecified atom stereocenters. The molecule has 0 radical (unpaired) electrons. The van der Waals surface area contributed by atoms with Crippen LogP contribution in [0.25, 0.3) is 0 Å². The van der Waals surface area contributed by atoms with Crippen molar-refractivity contribution in [2.45, 2.75) is 53.6 Å². The molecule has 0 spiro atoms. The molecule has 0 heterocycles. The minimum atomic E-state index is -2.87. The summed E-state index contributed by atoms with van der Waals surface area (Å²) in [4.78, 5) is 0. The average Bonchev–Trinajstić information content (AvgIpc) is 2.46. The Morgan fingerprint density at radius 1 is 0.783 bits per heavy atom. The lowest BCUT2D eigenvalue weighted by molar-refractivity contribution is 0.307. The first-order valence-electron chi connectivity index (χ1n) is 8.30. The number of aryl methyl sites for hydroxylation is 2. The zero-order valence-corrected chi connectivity index (χ0v) is 16.0. The molecule has 2 aromatic rings. The van der Waals surface area contributed by atoms with Crippen molar-refractivity contribution in [2.75, 3.05) is 0 Å². The van der Waals surface area contributed by atoms with E-state index in [-0.39, 0.29) is 12.1 Å². The summed E-state index contributed by atoms with van der Waals surface area (Å²) in [5.41, 5.74) is 2.28. The third-order valence-corrected chi connectivity index (χ3v) is 7.62. The molecule has 0 N–H and O–H groups in total. The van der Waals surface area contributed by atoms with Crippen LogP contribution in [-0.2, 0) is 4.57 Å². The van der Waals surface area contributed by atoms with Crippen molar-refractivity contribution < 1.29 is 4.57 Å². The second-order valence-corrected chi connectivity index (χ2v) is 9.47. The third kappa shape index (κ3) is 3.59. The van der Waals surface area contributed by atoms with Gasteiger partial charge in [0, 0.05) is 22.7 Å². The van der Waals surface area contributed by atoms with E-state index in [0.29, 0.717) is 0 Å². The van der Waals surface area contributed by atoms with E-state index in [2.05, 4.69) is 70.5 Å². The van der Waals surface area contributed by atoms with Crippen molar-refractivity contribution in [1.82, 2.24) is 4.67 Å². The molecule has 0 fully saturated rings. The molecular formula is C20H28NOP. The van der Waals surface area contributed by atoms with E-state index in [4.69, 9.17) is 0 Å². The van der Waals surface area contributed by atoms with E-state index in [1.807, 2.05) is 24.3 Å². The van der Waals surface area contributed by atoms with Crippen LogP contribution in [0.3, 0.4) is 0 Å². The topological polar surface area (TPSA) is 20.3 Å². The van der Waals surface area contributed by atoms with Crippen LogP contribution in [0.1, 0.15) is 38.8 Å². The van der Waals surface area contributed by atoms with Gasteiger partial charge in [-0.25, -0.2) is 4.67 Å². The van der Waals surface area contributed by atoms with Crippen LogP contribution in [-0.4, -0.2) is 16.8 Å². The standard InChI is InChI=1S/C20H28NOP/c1-15(2)21(16(3)4)23(22,19-11-7-9-17(5)13-19)20-12-8-10-18(6)14-20/h7-16H,1-6H3. The van der Waals surface area contributed by atoms with Crippen LogP contribution in [0, 0.1) is 13.8 Å². The van der Waals surface area contributed by atoms with Crippen molar-refractivity contribution in [2.24, 2.45) is 0 Å². The van der Waals surface area contributed by atoms with Gasteiger partial charge in [-0.2, -0.15) is 0 Å². The van der Waals surface area contributed by atoms with Gasteiger partial charge >= 0.3 is 0 Å². The molecular weight excluding hydrogens is 301 g/mol. The second kappa shape index (κ2) is 7.03. The van der Waals surface area contributed by atoms with Gasteiger partial charge in [0.2, 0.25) is 7.29 Å². The van der Waals surface area contributed by atoms with Gasteiger partial charge in [-0.3, -0.25) is 4.57 Å². The van der Waals surface area contributed by atoms with Crippen molar-refractivity contribution in [1.29, 1.82) is 0 Å². The molecule has 0 bridgehead atoms. The lowest BCUT2D eigenvalue weighted by Crippen LogP contribution is -2.41. The van der Waals surface area contributed by atoms with Gasteiger partial charge in [0.25, 0.3) is 0 Å². The molecule has 2 aromatic carbocycles. The summed E-state index contributed by atoms with van der Waals surface area (Å²) in [7, 11) is -2.87. The van der Waals surface area contributed by atoms with Gasteiger partial charge in [0.05, 0.1) is 0 Å². The SMILES string of the molecule is Cc1cccc(P(=O)(c2cccc(C)c2)N(C(C)C)C(C)C)c1. The molecule has 0 aromatic heterocycles. The second-order valence-electron chi connectivity index (χ2n) is 6.82. The summed E-state index contributed by atoms with van der Waals surface area (Å²) >= 11 is 0. The van der Waals surface area contributed by atoms with Crippen LogP contribution in [0.4, 0.5) is 0 Å². The Morgan fingerprint density at radius 3 is 1.48 bits per heavy atom. The first-order chi connectivity index (χ1) is 10.8. The number of hydrogen-bond donors (Lipinski definition) is 0. The van der Waals surface area contributed by atoms with Crippen LogP contribution in [0.15, 0.2) is 48.5 Å². The fourth-order valence-corrected chi connectivity index (χ4v) is 6.76. The Morgan fingerprint density at radius 2 is 1.17 bits per heavy atom. The zero-order valence-electron chi connectivity index (χ0n) is 15.1. The number of hydrogen-bond acceptors (Lipinski definition) is 1. The van der Waals surface area contributed by atoms with Crippen molar-refractivity contribution in [3.8, 4) is 0 Å². The summed E-state index contributed by atoms with van der Waals surface area (Å²) < 4.78 is 16.6. The Kier molecular flexibility index (Phi) is 5.49. The highest BCUT2D eigenvalue weighted by Crippen LogP contribution is 2.50. The van der Waals surface area contributed by atoms with Crippen LogP contribution >= 0.6 is 7.29 Å². The first kappa shape index (κ1) is 18.0. The molecule has 0 atom stereocenters. The highest BCUT2D eigenvalue weighted by Gasteiger charge is 2.38. The van der Waals surface area contributed by atoms with E-state index in [1.54, 1.807) is 0 Å². The Bertz CT molecular complexity index is 664. The molecule has 124 valence electrons. The summed E-state index contributed by atoms with van der Waals surface area (Å²) in [5, 5.41) is 1.84. The molecule has 2 rings (SSSR count). The maximum atomic E-state index is 14.4. The molecule has 0 saturated heterocycles. The van der Waals surface area contributed by atoms with Crippen LogP contribution in [0.2, 0.25) is 0 Å². The lowest BCUT2D eigenvalue weighted by atomic mass is 10.2. The van der Waals surface area contributed by atoms with Crippen molar-refractivity contribution in [3.63, 3.8) is 0 Å². The third-order valence-electron chi connectivity index (χ3n) is 4.09. The molecule has 0 saturated carbocycles. The number of nitrogens with zero attached hydrogens (tertiary/aromatic N) is 1. The van der Waals surface area contributed by atoms with Crippen LogP contribution < -0.4 is 10.6 Å². The van der Waals surface area contributed by atoms with Gasteiger partial charge in [0.15, 0.2) is 0 Å².